The van der Waals surface area contributed by atoms with E-state index in [9.17, 15) is 14.4 Å². The summed E-state index contributed by atoms with van der Waals surface area (Å²) in [6, 6.07) is 25.3. The first-order chi connectivity index (χ1) is 14.5. The molecule has 3 rings (SSSR count). The number of carbonyl (C=O) groups excluding carboxylic acids is 3. The Morgan fingerprint density at radius 3 is 1.67 bits per heavy atom. The normalized spacial score (nSPS) is 10.3. The molecule has 3 aromatic rings. The monoisotopic (exact) mass is 402 g/mol. The Labute approximate surface area is 174 Å². The number of rotatable bonds is 7. The van der Waals surface area contributed by atoms with Crippen LogP contribution in [-0.2, 0) is 19.1 Å². The van der Waals surface area contributed by atoms with Crippen molar-refractivity contribution < 1.29 is 19.1 Å². The van der Waals surface area contributed by atoms with Gasteiger partial charge in [-0.25, -0.2) is 0 Å². The highest BCUT2D eigenvalue weighted by Gasteiger charge is 2.24. The first-order valence-electron chi connectivity index (χ1n) is 9.47. The van der Waals surface area contributed by atoms with Crippen molar-refractivity contribution in [3.63, 3.8) is 0 Å². The van der Waals surface area contributed by atoms with Crippen LogP contribution < -0.4 is 10.6 Å². The number of hydrogen-bond acceptors (Lipinski definition) is 4. The number of carbonyl (C=O) groups is 3. The smallest absolute Gasteiger partial charge is 0.318 e. The molecule has 6 nitrogen and oxygen atoms in total. The zero-order valence-corrected chi connectivity index (χ0v) is 16.5. The minimum atomic E-state index is -0.614. The fourth-order valence-corrected chi connectivity index (χ4v) is 3.01. The van der Waals surface area contributed by atoms with E-state index in [0.717, 1.165) is 11.1 Å². The summed E-state index contributed by atoms with van der Waals surface area (Å²) in [7, 11) is 0. The molecular formula is C24H22N2O4. The summed E-state index contributed by atoms with van der Waals surface area (Å²) in [4.78, 5) is 36.1. The van der Waals surface area contributed by atoms with Gasteiger partial charge in [0, 0.05) is 18.3 Å². The molecule has 2 amide bonds. The number of benzene rings is 3. The quantitative estimate of drug-likeness (QED) is 0.586. The third kappa shape index (κ3) is 5.78. The Morgan fingerprint density at radius 1 is 0.733 bits per heavy atom. The fourth-order valence-electron chi connectivity index (χ4n) is 3.01. The molecule has 0 aromatic heterocycles. The topological polar surface area (TPSA) is 84.5 Å². The van der Waals surface area contributed by atoms with E-state index in [2.05, 4.69) is 10.6 Å². The minimum absolute atomic E-state index is 0.176. The molecule has 6 heteroatoms. The van der Waals surface area contributed by atoms with Gasteiger partial charge in [0.05, 0.1) is 0 Å². The van der Waals surface area contributed by atoms with E-state index in [-0.39, 0.29) is 5.91 Å². The molecule has 0 atom stereocenters. The minimum Gasteiger partial charge on any atom is -0.455 e. The molecule has 0 unspecified atom stereocenters. The molecular weight excluding hydrogens is 380 g/mol. The molecule has 3 aromatic carbocycles. The van der Waals surface area contributed by atoms with Gasteiger partial charge in [-0.2, -0.15) is 0 Å². The molecule has 0 aliphatic carbocycles. The number of amides is 2. The molecule has 30 heavy (non-hydrogen) atoms. The van der Waals surface area contributed by atoms with E-state index in [1.165, 1.54) is 6.92 Å². The van der Waals surface area contributed by atoms with Gasteiger partial charge < -0.3 is 15.4 Å². The van der Waals surface area contributed by atoms with E-state index < -0.39 is 24.4 Å². The zero-order valence-electron chi connectivity index (χ0n) is 16.5. The third-order valence-electron chi connectivity index (χ3n) is 4.34. The van der Waals surface area contributed by atoms with Gasteiger partial charge in [0.2, 0.25) is 5.91 Å². The molecule has 0 bridgehead atoms. The lowest BCUT2D eigenvalue weighted by atomic mass is 9.91. The van der Waals surface area contributed by atoms with Crippen molar-refractivity contribution in [2.24, 2.45) is 0 Å². The van der Waals surface area contributed by atoms with Crippen molar-refractivity contribution in [3.05, 3.63) is 96.1 Å². The van der Waals surface area contributed by atoms with Crippen molar-refractivity contribution in [2.75, 3.05) is 17.2 Å². The molecule has 2 N–H and O–H groups in total. The lowest BCUT2D eigenvalue weighted by Gasteiger charge is -2.17. The largest absolute Gasteiger partial charge is 0.455 e. The summed E-state index contributed by atoms with van der Waals surface area (Å²) in [5.74, 6) is -1.73. The molecule has 152 valence electrons. The van der Waals surface area contributed by atoms with E-state index in [4.69, 9.17) is 4.74 Å². The molecule has 0 spiro atoms. The Balaban J connectivity index is 1.62. The molecule has 0 radical (unpaired) electrons. The van der Waals surface area contributed by atoms with Gasteiger partial charge in [-0.3, -0.25) is 14.4 Å². The van der Waals surface area contributed by atoms with Crippen LogP contribution in [0.15, 0.2) is 84.9 Å². The fraction of sp³-hybridized carbons (Fsp3) is 0.125. The van der Waals surface area contributed by atoms with E-state index >= 15 is 0 Å². The summed E-state index contributed by atoms with van der Waals surface area (Å²) in [6.45, 7) is 1.02. The second-order valence-electron chi connectivity index (χ2n) is 6.67. The molecule has 0 aliphatic heterocycles. The number of anilines is 2. The van der Waals surface area contributed by atoms with Crippen LogP contribution in [0.5, 0.6) is 0 Å². The molecule has 0 saturated carbocycles. The number of hydrogen-bond donors (Lipinski definition) is 2. The van der Waals surface area contributed by atoms with Crippen LogP contribution in [0.25, 0.3) is 0 Å². The average Bonchev–Trinajstić information content (AvgIpc) is 2.75. The van der Waals surface area contributed by atoms with Crippen molar-refractivity contribution in [2.45, 2.75) is 12.8 Å². The summed E-state index contributed by atoms with van der Waals surface area (Å²) in [5, 5.41) is 5.32. The second-order valence-corrected chi connectivity index (χ2v) is 6.67. The highest BCUT2D eigenvalue weighted by molar-refractivity contribution is 5.94. The Kier molecular flexibility index (Phi) is 6.95. The maximum Gasteiger partial charge on any atom is 0.318 e. The zero-order chi connectivity index (χ0) is 21.3. The van der Waals surface area contributed by atoms with Crippen LogP contribution in [-0.4, -0.2) is 24.4 Å². The predicted molar refractivity (Wildman–Crippen MR) is 115 cm³/mol. The van der Waals surface area contributed by atoms with Crippen LogP contribution >= 0.6 is 0 Å². The maximum atomic E-state index is 12.8. The van der Waals surface area contributed by atoms with Crippen molar-refractivity contribution in [3.8, 4) is 0 Å². The van der Waals surface area contributed by atoms with Gasteiger partial charge in [0.1, 0.15) is 5.92 Å². The first kappa shape index (κ1) is 20.8. The summed E-state index contributed by atoms with van der Waals surface area (Å²) < 4.78 is 5.32. The van der Waals surface area contributed by atoms with Gasteiger partial charge in [0.25, 0.3) is 5.91 Å². The maximum absolute atomic E-state index is 12.8. The van der Waals surface area contributed by atoms with Crippen molar-refractivity contribution >= 4 is 29.2 Å². The van der Waals surface area contributed by atoms with Gasteiger partial charge in [-0.1, -0.05) is 60.7 Å². The van der Waals surface area contributed by atoms with Crippen LogP contribution in [0.4, 0.5) is 11.4 Å². The van der Waals surface area contributed by atoms with E-state index in [0.29, 0.717) is 11.4 Å². The van der Waals surface area contributed by atoms with Crippen LogP contribution in [0.2, 0.25) is 0 Å². The number of esters is 1. The summed E-state index contributed by atoms with van der Waals surface area (Å²) >= 11 is 0. The molecule has 0 saturated heterocycles. The summed E-state index contributed by atoms with van der Waals surface area (Å²) in [5.41, 5.74) is 2.75. The molecule has 0 heterocycles. The highest BCUT2D eigenvalue weighted by atomic mass is 16.5. The Hall–Kier alpha value is -3.93. The van der Waals surface area contributed by atoms with E-state index in [1.807, 2.05) is 60.7 Å². The van der Waals surface area contributed by atoms with Gasteiger partial charge in [0.15, 0.2) is 6.61 Å². The highest BCUT2D eigenvalue weighted by Crippen LogP contribution is 2.26. The summed E-state index contributed by atoms with van der Waals surface area (Å²) in [6.07, 6.45) is 0. The average molecular weight is 402 g/mol. The van der Waals surface area contributed by atoms with Crippen LogP contribution in [0.1, 0.15) is 24.0 Å². The van der Waals surface area contributed by atoms with Crippen molar-refractivity contribution in [1.29, 1.82) is 0 Å². The Bertz CT molecular complexity index is 963. The van der Waals surface area contributed by atoms with E-state index in [1.54, 1.807) is 24.3 Å². The van der Waals surface area contributed by atoms with Crippen LogP contribution in [0, 0.1) is 0 Å². The van der Waals surface area contributed by atoms with Crippen molar-refractivity contribution in [1.82, 2.24) is 0 Å². The predicted octanol–water partition coefficient (Wildman–Crippen LogP) is 3.96. The first-order valence-corrected chi connectivity index (χ1v) is 9.47. The second kappa shape index (κ2) is 10.0. The third-order valence-corrected chi connectivity index (χ3v) is 4.34. The SMILES string of the molecule is CC(=O)Nc1ccc(NC(=O)COC(=O)C(c2ccccc2)c2ccccc2)cc1. The van der Waals surface area contributed by atoms with Gasteiger partial charge in [-0.05, 0) is 35.4 Å². The lowest BCUT2D eigenvalue weighted by Crippen LogP contribution is -2.24. The standard InChI is InChI=1S/C24H22N2O4/c1-17(27)25-20-12-14-21(15-13-20)26-22(28)16-30-24(29)23(18-8-4-2-5-9-18)19-10-6-3-7-11-19/h2-15,23H,16H2,1H3,(H,25,27)(H,26,28). The number of ether oxygens (including phenoxy) is 1. The number of nitrogens with one attached hydrogen (secondary N) is 2. The Morgan fingerprint density at radius 2 is 1.20 bits per heavy atom. The molecule has 0 aliphatic rings. The molecule has 0 fully saturated rings. The van der Waals surface area contributed by atoms with Crippen LogP contribution in [0.3, 0.4) is 0 Å². The van der Waals surface area contributed by atoms with Gasteiger partial charge in [-0.15, -0.1) is 0 Å². The lowest BCUT2D eigenvalue weighted by molar-refractivity contribution is -0.147. The van der Waals surface area contributed by atoms with Gasteiger partial charge >= 0.3 is 5.97 Å².